The van der Waals surface area contributed by atoms with Crippen LogP contribution in [0.15, 0.2) is 24.3 Å². The maximum Gasteiger partial charge on any atom is 0.241 e. The number of methoxy groups -OCH3 is 1. The van der Waals surface area contributed by atoms with Crippen LogP contribution < -0.4 is 15.4 Å². The molecule has 2 unspecified atom stereocenters. The van der Waals surface area contributed by atoms with Gasteiger partial charge in [0.1, 0.15) is 5.75 Å². The molecule has 22 heavy (non-hydrogen) atoms. The Balaban J connectivity index is 1.97. The monoisotopic (exact) mass is 326 g/mol. The highest BCUT2D eigenvalue weighted by atomic mass is 32.2. The van der Waals surface area contributed by atoms with Crippen molar-refractivity contribution < 1.29 is 17.9 Å². The van der Waals surface area contributed by atoms with E-state index in [1.54, 1.807) is 38.3 Å². The van der Waals surface area contributed by atoms with Crippen molar-refractivity contribution in [2.75, 3.05) is 23.9 Å². The molecule has 1 fully saturated rings. The van der Waals surface area contributed by atoms with E-state index in [0.717, 1.165) is 0 Å². The second kappa shape index (κ2) is 6.26. The van der Waals surface area contributed by atoms with Crippen LogP contribution in [0.2, 0.25) is 0 Å². The van der Waals surface area contributed by atoms with E-state index in [-0.39, 0.29) is 17.4 Å². The molecule has 122 valence electrons. The molecular weight excluding hydrogens is 304 g/mol. The zero-order valence-corrected chi connectivity index (χ0v) is 13.9. The molecule has 1 aromatic rings. The van der Waals surface area contributed by atoms with Crippen LogP contribution in [-0.4, -0.2) is 44.5 Å². The molecule has 2 atom stereocenters. The molecule has 1 heterocycles. The molecule has 7 heteroatoms. The number of nitrogens with one attached hydrogen (secondary N) is 2. The van der Waals surface area contributed by atoms with Gasteiger partial charge in [-0.25, -0.2) is 8.42 Å². The van der Waals surface area contributed by atoms with Gasteiger partial charge in [-0.15, -0.1) is 0 Å². The van der Waals surface area contributed by atoms with Crippen molar-refractivity contribution in [3.63, 3.8) is 0 Å². The minimum atomic E-state index is -3.00. The van der Waals surface area contributed by atoms with Gasteiger partial charge in [-0.2, -0.15) is 0 Å². The Bertz CT molecular complexity index is 659. The number of amides is 1. The predicted octanol–water partition coefficient (Wildman–Crippen LogP) is 1.19. The van der Waals surface area contributed by atoms with Crippen molar-refractivity contribution in [2.45, 2.75) is 31.8 Å². The summed E-state index contributed by atoms with van der Waals surface area (Å²) in [5.41, 5.74) is 0.0893. The van der Waals surface area contributed by atoms with E-state index in [0.29, 0.717) is 17.9 Å². The Kier molecular flexibility index (Phi) is 4.77. The van der Waals surface area contributed by atoms with Crippen LogP contribution >= 0.6 is 0 Å². The van der Waals surface area contributed by atoms with Crippen LogP contribution in [0.25, 0.3) is 0 Å². The van der Waals surface area contributed by atoms with Gasteiger partial charge in [0, 0.05) is 17.3 Å². The second-order valence-electron chi connectivity index (χ2n) is 5.99. The molecule has 0 saturated carbocycles. The Morgan fingerprint density at radius 1 is 1.41 bits per heavy atom. The number of ether oxygens (including phenoxy) is 1. The Morgan fingerprint density at radius 3 is 2.73 bits per heavy atom. The standard InChI is InChI=1S/C15H22N2O4S/c1-11(17-15(2)7-8-22(19,20)10-15)14(18)16-12-5-4-6-13(9-12)21-3/h4-6,9,11,17H,7-8,10H2,1-3H3,(H,16,18). The summed E-state index contributed by atoms with van der Waals surface area (Å²) in [7, 11) is -1.44. The van der Waals surface area contributed by atoms with Crippen molar-refractivity contribution in [3.8, 4) is 5.75 Å². The van der Waals surface area contributed by atoms with Gasteiger partial charge in [0.15, 0.2) is 9.84 Å². The van der Waals surface area contributed by atoms with Gasteiger partial charge in [0.05, 0.1) is 24.7 Å². The summed E-state index contributed by atoms with van der Waals surface area (Å²) < 4.78 is 28.3. The lowest BCUT2D eigenvalue weighted by molar-refractivity contribution is -0.118. The molecule has 0 aliphatic carbocycles. The van der Waals surface area contributed by atoms with E-state index in [1.807, 2.05) is 6.92 Å². The Labute approximate surface area is 131 Å². The molecule has 6 nitrogen and oxygen atoms in total. The van der Waals surface area contributed by atoms with Gasteiger partial charge in [-0.3, -0.25) is 10.1 Å². The van der Waals surface area contributed by atoms with Gasteiger partial charge in [-0.05, 0) is 32.4 Å². The van der Waals surface area contributed by atoms with Crippen molar-refractivity contribution in [3.05, 3.63) is 24.3 Å². The summed E-state index contributed by atoms with van der Waals surface area (Å²) in [6.07, 6.45) is 0.520. The minimum absolute atomic E-state index is 0.0662. The van der Waals surface area contributed by atoms with E-state index < -0.39 is 21.4 Å². The van der Waals surface area contributed by atoms with Crippen molar-refractivity contribution >= 4 is 21.4 Å². The number of carbonyl (C=O) groups is 1. The molecule has 1 aliphatic heterocycles. The first-order valence-electron chi connectivity index (χ1n) is 7.16. The normalized spacial score (nSPS) is 24.7. The summed E-state index contributed by atoms with van der Waals surface area (Å²) in [6.45, 7) is 3.57. The number of sulfone groups is 1. The highest BCUT2D eigenvalue weighted by Crippen LogP contribution is 2.23. The largest absolute Gasteiger partial charge is 0.497 e. The molecule has 0 aromatic heterocycles. The van der Waals surface area contributed by atoms with Gasteiger partial charge in [0.2, 0.25) is 5.91 Å². The molecule has 2 N–H and O–H groups in total. The smallest absolute Gasteiger partial charge is 0.241 e. The molecule has 0 radical (unpaired) electrons. The zero-order chi connectivity index (χ0) is 16.4. The number of hydrogen-bond donors (Lipinski definition) is 2. The first kappa shape index (κ1) is 16.8. The number of hydrogen-bond acceptors (Lipinski definition) is 5. The van der Waals surface area contributed by atoms with Crippen LogP contribution in [0.5, 0.6) is 5.75 Å². The maximum absolute atomic E-state index is 12.2. The molecule has 1 saturated heterocycles. The van der Waals surface area contributed by atoms with Crippen LogP contribution in [0.3, 0.4) is 0 Å². The fraction of sp³-hybridized carbons (Fsp3) is 0.533. The Morgan fingerprint density at radius 2 is 2.14 bits per heavy atom. The fourth-order valence-corrected chi connectivity index (χ4v) is 4.77. The summed E-state index contributed by atoms with van der Waals surface area (Å²) in [5.74, 6) is 0.684. The molecule has 1 amide bonds. The molecule has 0 spiro atoms. The highest BCUT2D eigenvalue weighted by molar-refractivity contribution is 7.91. The van der Waals surface area contributed by atoms with Crippen LogP contribution in [0, 0.1) is 0 Å². The average molecular weight is 326 g/mol. The molecule has 1 aromatic carbocycles. The molecule has 1 aliphatic rings. The lowest BCUT2D eigenvalue weighted by atomic mass is 10.0. The maximum atomic E-state index is 12.2. The van der Waals surface area contributed by atoms with E-state index in [9.17, 15) is 13.2 Å². The third-order valence-electron chi connectivity index (χ3n) is 3.80. The summed E-state index contributed by atoms with van der Waals surface area (Å²) in [6, 6.07) is 6.59. The number of carbonyl (C=O) groups excluding carboxylic acids is 1. The van der Waals surface area contributed by atoms with Gasteiger partial charge >= 0.3 is 0 Å². The SMILES string of the molecule is COc1cccc(NC(=O)C(C)NC2(C)CCS(=O)(=O)C2)c1. The number of anilines is 1. The lowest BCUT2D eigenvalue weighted by Gasteiger charge is -2.28. The lowest BCUT2D eigenvalue weighted by Crippen LogP contribution is -2.52. The summed E-state index contributed by atoms with van der Waals surface area (Å²) in [5, 5.41) is 5.93. The zero-order valence-electron chi connectivity index (χ0n) is 13.0. The highest BCUT2D eigenvalue weighted by Gasteiger charge is 2.39. The van der Waals surface area contributed by atoms with Crippen molar-refractivity contribution in [1.29, 1.82) is 0 Å². The van der Waals surface area contributed by atoms with E-state index in [4.69, 9.17) is 4.74 Å². The van der Waals surface area contributed by atoms with E-state index in [1.165, 1.54) is 0 Å². The average Bonchev–Trinajstić information content (AvgIpc) is 2.72. The molecule has 2 rings (SSSR count). The fourth-order valence-electron chi connectivity index (χ4n) is 2.66. The van der Waals surface area contributed by atoms with E-state index in [2.05, 4.69) is 10.6 Å². The van der Waals surface area contributed by atoms with Crippen LogP contribution in [0.4, 0.5) is 5.69 Å². The number of benzene rings is 1. The molecular formula is C15H22N2O4S. The van der Waals surface area contributed by atoms with Crippen molar-refractivity contribution in [1.82, 2.24) is 5.32 Å². The van der Waals surface area contributed by atoms with Gasteiger partial charge in [-0.1, -0.05) is 6.07 Å². The van der Waals surface area contributed by atoms with Crippen LogP contribution in [0.1, 0.15) is 20.3 Å². The van der Waals surface area contributed by atoms with Crippen LogP contribution in [-0.2, 0) is 14.6 Å². The quantitative estimate of drug-likeness (QED) is 0.849. The van der Waals surface area contributed by atoms with E-state index >= 15 is 0 Å². The summed E-state index contributed by atoms with van der Waals surface area (Å²) in [4.78, 5) is 12.2. The second-order valence-corrected chi connectivity index (χ2v) is 8.17. The van der Waals surface area contributed by atoms with Crippen molar-refractivity contribution in [2.24, 2.45) is 0 Å². The van der Waals surface area contributed by atoms with Gasteiger partial charge < -0.3 is 10.1 Å². The molecule has 0 bridgehead atoms. The first-order valence-corrected chi connectivity index (χ1v) is 8.98. The minimum Gasteiger partial charge on any atom is -0.497 e. The topological polar surface area (TPSA) is 84.5 Å². The predicted molar refractivity (Wildman–Crippen MR) is 85.9 cm³/mol. The number of rotatable bonds is 5. The van der Waals surface area contributed by atoms with Gasteiger partial charge in [0.25, 0.3) is 0 Å². The summed E-state index contributed by atoms with van der Waals surface area (Å²) >= 11 is 0. The third kappa shape index (κ3) is 4.20. The Hall–Kier alpha value is -1.60. The third-order valence-corrected chi connectivity index (χ3v) is 5.70. The first-order chi connectivity index (χ1) is 10.2.